The van der Waals surface area contributed by atoms with Gasteiger partial charge in [0.05, 0.1) is 12.0 Å². The van der Waals surface area contributed by atoms with Crippen LogP contribution in [0.3, 0.4) is 0 Å². The average Bonchev–Trinajstić information content (AvgIpc) is 2.84. The van der Waals surface area contributed by atoms with Crippen LogP contribution in [0.25, 0.3) is 0 Å². The van der Waals surface area contributed by atoms with Crippen LogP contribution in [-0.4, -0.2) is 68.8 Å². The van der Waals surface area contributed by atoms with Crippen LogP contribution in [-0.2, 0) is 26.0 Å². The summed E-state index contributed by atoms with van der Waals surface area (Å²) in [6.45, 7) is 6.17. The molecule has 1 fully saturated rings. The lowest BCUT2D eigenvalue weighted by molar-refractivity contribution is -0.134. The molecule has 0 saturated carbocycles. The van der Waals surface area contributed by atoms with E-state index in [2.05, 4.69) is 5.32 Å². The van der Waals surface area contributed by atoms with Gasteiger partial charge in [0.1, 0.15) is 11.8 Å². The summed E-state index contributed by atoms with van der Waals surface area (Å²) in [6, 6.07) is 13.3. The molecule has 0 spiro atoms. The second kappa shape index (κ2) is 11.0. The van der Waals surface area contributed by atoms with Crippen molar-refractivity contribution in [1.82, 2.24) is 14.5 Å². The van der Waals surface area contributed by atoms with Crippen LogP contribution in [0.1, 0.15) is 37.8 Å². The van der Waals surface area contributed by atoms with Gasteiger partial charge in [0.25, 0.3) is 0 Å². The Kier molecular flexibility index (Phi) is 8.33. The fourth-order valence-corrected chi connectivity index (χ4v) is 5.52. The van der Waals surface area contributed by atoms with E-state index < -0.39 is 22.0 Å². The highest BCUT2D eigenvalue weighted by Crippen LogP contribution is 2.24. The summed E-state index contributed by atoms with van der Waals surface area (Å²) in [6.07, 6.45) is 0.586. The first-order valence-electron chi connectivity index (χ1n) is 11.4. The summed E-state index contributed by atoms with van der Waals surface area (Å²) in [5.74, 6) is 0.429. The van der Waals surface area contributed by atoms with Gasteiger partial charge in [0.15, 0.2) is 0 Å². The van der Waals surface area contributed by atoms with Crippen LogP contribution in [0.15, 0.2) is 53.4 Å². The van der Waals surface area contributed by atoms with E-state index in [0.717, 1.165) is 16.9 Å². The number of nitrogens with one attached hydrogen (secondary N) is 1. The Balaban J connectivity index is 1.75. The Bertz CT molecular complexity index is 1100. The topological polar surface area (TPSA) is 96.0 Å². The molecule has 34 heavy (non-hydrogen) atoms. The molecule has 1 N–H and O–H groups in total. The third-order valence-electron chi connectivity index (χ3n) is 6.10. The molecule has 3 rings (SSSR count). The molecule has 1 atom stereocenters. The zero-order valence-corrected chi connectivity index (χ0v) is 21.0. The van der Waals surface area contributed by atoms with Crippen LogP contribution in [0, 0.1) is 0 Å². The molecule has 0 radical (unpaired) electrons. The third-order valence-corrected chi connectivity index (χ3v) is 8.03. The number of sulfonamides is 1. The van der Waals surface area contributed by atoms with Gasteiger partial charge in [-0.05, 0) is 47.7 Å². The van der Waals surface area contributed by atoms with Crippen molar-refractivity contribution in [3.8, 4) is 5.75 Å². The zero-order valence-electron chi connectivity index (χ0n) is 20.2. The van der Waals surface area contributed by atoms with Gasteiger partial charge < -0.3 is 15.0 Å². The maximum Gasteiger partial charge on any atom is 0.243 e. The number of carbonyl (C=O) groups excluding carboxylic acids is 2. The summed E-state index contributed by atoms with van der Waals surface area (Å²) in [5, 5.41) is 2.85. The van der Waals surface area contributed by atoms with Crippen molar-refractivity contribution in [2.75, 3.05) is 33.3 Å². The molecule has 0 aromatic heterocycles. The molecule has 1 aliphatic heterocycles. The van der Waals surface area contributed by atoms with Crippen molar-refractivity contribution in [1.29, 1.82) is 0 Å². The fraction of sp³-hybridized carbons (Fsp3) is 0.440. The summed E-state index contributed by atoms with van der Waals surface area (Å²) in [4.78, 5) is 26.7. The molecule has 0 bridgehead atoms. The maximum atomic E-state index is 13.4. The molecule has 2 aromatic rings. The van der Waals surface area contributed by atoms with Crippen LogP contribution < -0.4 is 10.1 Å². The van der Waals surface area contributed by atoms with E-state index in [1.54, 1.807) is 31.4 Å². The molecule has 9 heteroatoms. The minimum atomic E-state index is -3.91. The molecule has 1 heterocycles. The van der Waals surface area contributed by atoms with E-state index in [9.17, 15) is 18.0 Å². The molecule has 1 aliphatic rings. The van der Waals surface area contributed by atoms with E-state index in [4.69, 9.17) is 4.74 Å². The summed E-state index contributed by atoms with van der Waals surface area (Å²) in [7, 11) is -2.31. The van der Waals surface area contributed by atoms with Crippen molar-refractivity contribution in [3.05, 3.63) is 59.7 Å². The van der Waals surface area contributed by atoms with Crippen LogP contribution in [0.5, 0.6) is 5.75 Å². The van der Waals surface area contributed by atoms with E-state index in [1.165, 1.54) is 16.1 Å². The quantitative estimate of drug-likeness (QED) is 0.617. The van der Waals surface area contributed by atoms with Crippen molar-refractivity contribution < 1.29 is 22.7 Å². The maximum absolute atomic E-state index is 13.4. The van der Waals surface area contributed by atoms with E-state index in [1.807, 2.05) is 38.1 Å². The minimum absolute atomic E-state index is 0.0208. The fourth-order valence-electron chi connectivity index (χ4n) is 3.95. The largest absolute Gasteiger partial charge is 0.497 e. The summed E-state index contributed by atoms with van der Waals surface area (Å²) in [5.41, 5.74) is 2.05. The van der Waals surface area contributed by atoms with Gasteiger partial charge in [0, 0.05) is 33.1 Å². The molecular weight excluding hydrogens is 454 g/mol. The number of ether oxygens (including phenoxy) is 1. The van der Waals surface area contributed by atoms with Gasteiger partial charge in [-0.15, -0.1) is 0 Å². The smallest absolute Gasteiger partial charge is 0.243 e. The molecule has 0 unspecified atom stereocenters. The normalized spacial score (nSPS) is 17.0. The van der Waals surface area contributed by atoms with Crippen molar-refractivity contribution >= 4 is 21.8 Å². The zero-order chi connectivity index (χ0) is 24.9. The molecular formula is C25H33N3O5S. The molecule has 184 valence electrons. The molecule has 0 aliphatic carbocycles. The Hall–Kier alpha value is -2.91. The lowest BCUT2D eigenvalue weighted by Crippen LogP contribution is -2.61. The van der Waals surface area contributed by atoms with Crippen LogP contribution in [0.4, 0.5) is 0 Å². The van der Waals surface area contributed by atoms with E-state index >= 15 is 0 Å². The van der Waals surface area contributed by atoms with Crippen molar-refractivity contribution in [2.24, 2.45) is 0 Å². The predicted molar refractivity (Wildman–Crippen MR) is 130 cm³/mol. The number of benzene rings is 2. The number of methoxy groups -OCH3 is 1. The van der Waals surface area contributed by atoms with Gasteiger partial charge in [-0.2, -0.15) is 4.31 Å². The number of carbonyl (C=O) groups is 2. The number of nitrogens with zero attached hydrogens (tertiary/aromatic N) is 2. The molecule has 1 saturated heterocycles. The molecule has 2 aromatic carbocycles. The first kappa shape index (κ1) is 25.7. The van der Waals surface area contributed by atoms with Gasteiger partial charge in [-0.1, -0.05) is 38.1 Å². The predicted octanol–water partition coefficient (Wildman–Crippen LogP) is 2.40. The third kappa shape index (κ3) is 5.95. The number of hydrogen-bond donors (Lipinski definition) is 1. The Morgan fingerprint density at radius 3 is 2.26 bits per heavy atom. The summed E-state index contributed by atoms with van der Waals surface area (Å²) < 4.78 is 33.3. The van der Waals surface area contributed by atoms with Gasteiger partial charge in [0.2, 0.25) is 21.8 Å². The minimum Gasteiger partial charge on any atom is -0.497 e. The Labute approximate surface area is 201 Å². The molecule has 2 amide bonds. The first-order valence-corrected chi connectivity index (χ1v) is 12.9. The monoisotopic (exact) mass is 487 g/mol. The highest BCUT2D eigenvalue weighted by atomic mass is 32.2. The first-order chi connectivity index (χ1) is 16.1. The number of rotatable bonds is 8. The van der Waals surface area contributed by atoms with Gasteiger partial charge >= 0.3 is 0 Å². The second-order valence-electron chi connectivity index (χ2n) is 8.71. The Morgan fingerprint density at radius 1 is 1.06 bits per heavy atom. The second-order valence-corrected chi connectivity index (χ2v) is 10.6. The van der Waals surface area contributed by atoms with Crippen LogP contribution >= 0.6 is 0 Å². The van der Waals surface area contributed by atoms with Crippen LogP contribution in [0.2, 0.25) is 0 Å². The highest BCUT2D eigenvalue weighted by Gasteiger charge is 2.40. The Morgan fingerprint density at radius 2 is 1.71 bits per heavy atom. The number of amides is 2. The SMILES string of the molecule is COc1ccc(CCNC(=O)[C@H]2CN(C(C)=O)CCN2S(=O)(=O)c2ccc(C(C)C)cc2)cc1. The van der Waals surface area contributed by atoms with Crippen molar-refractivity contribution in [3.63, 3.8) is 0 Å². The standard InChI is InChI=1S/C25H33N3O5S/c1-18(2)21-7-11-23(12-8-21)34(31,32)28-16-15-27(19(3)29)17-24(28)25(30)26-14-13-20-5-9-22(33-4)10-6-20/h5-12,18,24H,13-17H2,1-4H3,(H,26,30)/t24-/m1/s1. The van der Waals surface area contributed by atoms with Crippen molar-refractivity contribution in [2.45, 2.75) is 44.0 Å². The lowest BCUT2D eigenvalue weighted by Gasteiger charge is -2.39. The van der Waals surface area contributed by atoms with E-state index in [0.29, 0.717) is 13.0 Å². The average molecular weight is 488 g/mol. The van der Waals surface area contributed by atoms with Gasteiger partial charge in [-0.25, -0.2) is 8.42 Å². The van der Waals surface area contributed by atoms with E-state index in [-0.39, 0.29) is 36.4 Å². The lowest BCUT2D eigenvalue weighted by atomic mass is 10.0. The van der Waals surface area contributed by atoms with Gasteiger partial charge in [-0.3, -0.25) is 9.59 Å². The number of piperazine rings is 1. The number of hydrogen-bond acceptors (Lipinski definition) is 5. The molecule has 8 nitrogen and oxygen atoms in total. The highest BCUT2D eigenvalue weighted by molar-refractivity contribution is 7.89. The summed E-state index contributed by atoms with van der Waals surface area (Å²) >= 11 is 0.